The quantitative estimate of drug-likeness (QED) is 0.0452. The van der Waals surface area contributed by atoms with Gasteiger partial charge in [0.1, 0.15) is 0 Å². The van der Waals surface area contributed by atoms with E-state index in [1.807, 2.05) is 0 Å². The van der Waals surface area contributed by atoms with E-state index in [0.717, 1.165) is 18.3 Å². The van der Waals surface area contributed by atoms with Crippen molar-refractivity contribution in [3.63, 3.8) is 0 Å². The Kier molecular flexibility index (Phi) is 51.1. The van der Waals surface area contributed by atoms with E-state index in [2.05, 4.69) is 20.8 Å². The molecule has 2 nitrogen and oxygen atoms in total. The highest BCUT2D eigenvalue weighted by Gasteiger charge is 2.11. The van der Waals surface area contributed by atoms with Crippen LogP contribution in [0.5, 0.6) is 0 Å². The summed E-state index contributed by atoms with van der Waals surface area (Å²) < 4.78 is 4.94. The van der Waals surface area contributed by atoms with Crippen molar-refractivity contribution in [1.82, 2.24) is 0 Å². The van der Waals surface area contributed by atoms with Crippen LogP contribution in [-0.2, 0) is 9.53 Å². The summed E-state index contributed by atoms with van der Waals surface area (Å²) in [6.45, 7) is 8.17. The van der Waals surface area contributed by atoms with E-state index in [1.165, 1.54) is 302 Å². The fourth-order valence-corrected chi connectivity index (χ4v) is 9.57. The Morgan fingerprint density at radius 3 is 0.632 bits per heavy atom. The number of hydrogen-bond acceptors (Lipinski definition) is 2. The minimum Gasteiger partial charge on any atom is -0.468 e. The van der Waals surface area contributed by atoms with Gasteiger partial charge in [0, 0.05) is 0 Å². The van der Waals surface area contributed by atoms with Gasteiger partial charge in [-0.25, -0.2) is 0 Å². The molecule has 0 aliphatic carbocycles. The molecule has 0 heterocycles. The molecule has 0 aromatic rings. The smallest absolute Gasteiger partial charge is 0.293 e. The first kappa shape index (κ1) is 56.5. The maximum absolute atomic E-state index is 10.5. The Labute approximate surface area is 362 Å². The van der Waals surface area contributed by atoms with Gasteiger partial charge in [0.25, 0.3) is 6.47 Å². The highest BCUT2D eigenvalue weighted by molar-refractivity contribution is 5.36. The fourth-order valence-electron chi connectivity index (χ4n) is 9.57. The standard InChI is InChI=1S/C55H110O2/c1-4-7-10-13-16-19-20-21-22-23-24-25-27-30-35-41-49-55(51-44-38-45-52-57-53-56)50-43-37-32-31-36-42-48-54(46-39-33-28-18-15-12-9-6-3)47-40-34-29-26-17-14-11-8-5-2/h53-55H,4-52H2,1-3H3. The average molecular weight is 803 g/mol. The lowest BCUT2D eigenvalue weighted by atomic mass is 9.88. The van der Waals surface area contributed by atoms with Crippen molar-refractivity contribution in [1.29, 1.82) is 0 Å². The normalized spacial score (nSPS) is 12.7. The number of ether oxygens (including phenoxy) is 1. The van der Waals surface area contributed by atoms with Crippen molar-refractivity contribution < 1.29 is 9.53 Å². The van der Waals surface area contributed by atoms with Gasteiger partial charge in [0.05, 0.1) is 6.61 Å². The van der Waals surface area contributed by atoms with E-state index >= 15 is 0 Å². The van der Waals surface area contributed by atoms with Crippen LogP contribution in [0.15, 0.2) is 0 Å². The van der Waals surface area contributed by atoms with Gasteiger partial charge in [-0.2, -0.15) is 0 Å². The van der Waals surface area contributed by atoms with E-state index < -0.39 is 0 Å². The van der Waals surface area contributed by atoms with Crippen molar-refractivity contribution in [3.8, 4) is 0 Å². The molecular weight excluding hydrogens is 693 g/mol. The predicted octanol–water partition coefficient (Wildman–Crippen LogP) is 20.2. The Morgan fingerprint density at radius 1 is 0.263 bits per heavy atom. The molecule has 0 bridgehead atoms. The lowest BCUT2D eigenvalue weighted by Crippen LogP contribution is -2.02. The van der Waals surface area contributed by atoms with Gasteiger partial charge >= 0.3 is 0 Å². The van der Waals surface area contributed by atoms with E-state index in [1.54, 1.807) is 0 Å². The van der Waals surface area contributed by atoms with E-state index in [9.17, 15) is 4.79 Å². The minimum absolute atomic E-state index is 0.604. The van der Waals surface area contributed by atoms with Crippen LogP contribution in [0.4, 0.5) is 0 Å². The second-order valence-corrected chi connectivity index (χ2v) is 19.2. The molecule has 2 heteroatoms. The highest BCUT2D eigenvalue weighted by Crippen LogP contribution is 2.27. The summed E-state index contributed by atoms with van der Waals surface area (Å²) >= 11 is 0. The van der Waals surface area contributed by atoms with Gasteiger partial charge in [-0.05, 0) is 18.3 Å². The molecule has 2 atom stereocenters. The molecule has 0 rings (SSSR count). The zero-order chi connectivity index (χ0) is 41.2. The lowest BCUT2D eigenvalue weighted by molar-refractivity contribution is -0.128. The lowest BCUT2D eigenvalue weighted by Gasteiger charge is -2.18. The predicted molar refractivity (Wildman–Crippen MR) is 258 cm³/mol. The molecule has 0 amide bonds. The first-order valence-corrected chi connectivity index (χ1v) is 27.3. The molecule has 0 aliphatic rings. The second kappa shape index (κ2) is 51.6. The summed E-state index contributed by atoms with van der Waals surface area (Å²) in [6, 6.07) is 0. The summed E-state index contributed by atoms with van der Waals surface area (Å²) in [4.78, 5) is 10.5. The van der Waals surface area contributed by atoms with Crippen LogP contribution in [0, 0.1) is 11.8 Å². The van der Waals surface area contributed by atoms with Crippen LogP contribution in [0.25, 0.3) is 0 Å². The molecule has 342 valence electrons. The summed E-state index contributed by atoms with van der Waals surface area (Å²) in [5.74, 6) is 1.92. The van der Waals surface area contributed by atoms with Gasteiger partial charge in [0.2, 0.25) is 0 Å². The van der Waals surface area contributed by atoms with Crippen LogP contribution in [-0.4, -0.2) is 13.1 Å². The molecule has 0 fully saturated rings. The summed E-state index contributed by atoms with van der Waals surface area (Å²) in [7, 11) is 0. The maximum Gasteiger partial charge on any atom is 0.293 e. The summed E-state index contributed by atoms with van der Waals surface area (Å²) in [6.07, 6.45) is 69.1. The molecular formula is C55H110O2. The van der Waals surface area contributed by atoms with Gasteiger partial charge in [-0.15, -0.1) is 0 Å². The second-order valence-electron chi connectivity index (χ2n) is 19.2. The van der Waals surface area contributed by atoms with Crippen molar-refractivity contribution in [2.45, 2.75) is 329 Å². The zero-order valence-electron chi connectivity index (χ0n) is 40.2. The third kappa shape index (κ3) is 48.0. The van der Waals surface area contributed by atoms with Crippen molar-refractivity contribution in [2.75, 3.05) is 6.61 Å². The third-order valence-corrected chi connectivity index (χ3v) is 13.6. The largest absolute Gasteiger partial charge is 0.468 e. The SMILES string of the molecule is CCCCCCCCCCCCCCCCCCC(CCCCCCCCC(CCCCCCCCCC)CCCCCCCCCCC)CCCCCOC=O. The average Bonchev–Trinajstić information content (AvgIpc) is 3.22. The molecule has 0 spiro atoms. The number of unbranched alkanes of at least 4 members (excludes halogenated alkanes) is 37. The van der Waals surface area contributed by atoms with E-state index in [-0.39, 0.29) is 0 Å². The Bertz CT molecular complexity index is 705. The highest BCUT2D eigenvalue weighted by atomic mass is 16.5. The third-order valence-electron chi connectivity index (χ3n) is 13.6. The van der Waals surface area contributed by atoms with Crippen molar-refractivity contribution in [3.05, 3.63) is 0 Å². The van der Waals surface area contributed by atoms with Crippen LogP contribution >= 0.6 is 0 Å². The van der Waals surface area contributed by atoms with Crippen LogP contribution in [0.1, 0.15) is 329 Å². The molecule has 57 heavy (non-hydrogen) atoms. The Hall–Kier alpha value is -0.530. The Balaban J connectivity index is 4.22. The molecule has 0 N–H and O–H groups in total. The van der Waals surface area contributed by atoms with Gasteiger partial charge in [0.15, 0.2) is 0 Å². The number of hydrogen-bond donors (Lipinski definition) is 0. The molecule has 0 saturated carbocycles. The van der Waals surface area contributed by atoms with Crippen molar-refractivity contribution >= 4 is 6.47 Å². The molecule has 2 unspecified atom stereocenters. The van der Waals surface area contributed by atoms with Gasteiger partial charge in [-0.3, -0.25) is 4.79 Å². The number of carbonyl (C=O) groups excluding carboxylic acids is 1. The monoisotopic (exact) mass is 803 g/mol. The van der Waals surface area contributed by atoms with Crippen molar-refractivity contribution in [2.24, 2.45) is 11.8 Å². The Morgan fingerprint density at radius 2 is 0.439 bits per heavy atom. The number of carbonyl (C=O) groups is 1. The van der Waals surface area contributed by atoms with Crippen LogP contribution in [0.2, 0.25) is 0 Å². The summed E-state index contributed by atoms with van der Waals surface area (Å²) in [5.41, 5.74) is 0. The molecule has 0 aromatic heterocycles. The van der Waals surface area contributed by atoms with Gasteiger partial charge in [-0.1, -0.05) is 323 Å². The van der Waals surface area contributed by atoms with Crippen LogP contribution in [0.3, 0.4) is 0 Å². The number of rotatable bonds is 52. The van der Waals surface area contributed by atoms with E-state index in [0.29, 0.717) is 13.1 Å². The zero-order valence-corrected chi connectivity index (χ0v) is 40.2. The maximum atomic E-state index is 10.5. The fraction of sp³-hybridized carbons (Fsp3) is 0.982. The molecule has 0 aromatic carbocycles. The molecule has 0 radical (unpaired) electrons. The van der Waals surface area contributed by atoms with Gasteiger partial charge < -0.3 is 4.74 Å². The topological polar surface area (TPSA) is 26.3 Å². The molecule has 0 saturated heterocycles. The van der Waals surface area contributed by atoms with E-state index in [4.69, 9.17) is 4.74 Å². The minimum atomic E-state index is 0.604. The first-order chi connectivity index (χ1) is 28.3. The molecule has 0 aliphatic heterocycles. The first-order valence-electron chi connectivity index (χ1n) is 27.3. The van der Waals surface area contributed by atoms with Crippen LogP contribution < -0.4 is 0 Å². The summed E-state index contributed by atoms with van der Waals surface area (Å²) in [5, 5.41) is 0.